The summed E-state index contributed by atoms with van der Waals surface area (Å²) in [7, 11) is 1.66. The van der Waals surface area contributed by atoms with Crippen molar-refractivity contribution < 1.29 is 4.74 Å². The second-order valence-electron chi connectivity index (χ2n) is 7.59. The van der Waals surface area contributed by atoms with E-state index in [0.717, 1.165) is 39.2 Å². The van der Waals surface area contributed by atoms with Crippen LogP contribution in [0.15, 0.2) is 95.2 Å². The van der Waals surface area contributed by atoms with Crippen molar-refractivity contribution >= 4 is 29.2 Å². The second-order valence-corrected chi connectivity index (χ2v) is 8.97. The van der Waals surface area contributed by atoms with Crippen LogP contribution in [0.4, 0.5) is 0 Å². The van der Waals surface area contributed by atoms with Crippen LogP contribution in [-0.4, -0.2) is 27.7 Å². The van der Waals surface area contributed by atoms with Crippen molar-refractivity contribution in [3.05, 3.63) is 107 Å². The molecule has 2 heterocycles. The summed E-state index contributed by atoms with van der Waals surface area (Å²) in [5, 5.41) is 12.8. The third-order valence-corrected chi connectivity index (χ3v) is 6.83. The molecule has 34 heavy (non-hydrogen) atoms. The lowest BCUT2D eigenvalue weighted by Gasteiger charge is -2.19. The molecule has 0 saturated carbocycles. The van der Waals surface area contributed by atoms with E-state index in [4.69, 9.17) is 21.4 Å². The molecule has 0 amide bonds. The molecule has 0 fully saturated rings. The number of halogens is 1. The zero-order valence-electron chi connectivity index (χ0n) is 18.5. The summed E-state index contributed by atoms with van der Waals surface area (Å²) in [6.07, 6.45) is 1.84. The average Bonchev–Trinajstić information content (AvgIpc) is 3.50. The van der Waals surface area contributed by atoms with Gasteiger partial charge < -0.3 is 4.74 Å². The Morgan fingerprint density at radius 1 is 0.941 bits per heavy atom. The molecule has 0 radical (unpaired) electrons. The molecular formula is C25H23ClN6OS. The number of hydrogen-bond donors (Lipinski definition) is 2. The first-order chi connectivity index (χ1) is 16.7. The molecule has 0 atom stereocenters. The van der Waals surface area contributed by atoms with Crippen LogP contribution in [0.1, 0.15) is 16.7 Å². The number of amidine groups is 1. The van der Waals surface area contributed by atoms with E-state index in [9.17, 15) is 0 Å². The third kappa shape index (κ3) is 4.75. The Kier molecular flexibility index (Phi) is 6.71. The molecule has 3 aromatic carbocycles. The van der Waals surface area contributed by atoms with Crippen molar-refractivity contribution in [2.45, 2.75) is 17.3 Å². The van der Waals surface area contributed by atoms with Gasteiger partial charge in [0.05, 0.1) is 36.1 Å². The first-order valence-electron chi connectivity index (χ1n) is 10.7. The fraction of sp³-hybridized carbons (Fsp3) is 0.120. The zero-order valence-corrected chi connectivity index (χ0v) is 20.1. The van der Waals surface area contributed by atoms with Crippen molar-refractivity contribution in [2.75, 3.05) is 7.11 Å². The van der Waals surface area contributed by atoms with E-state index < -0.39 is 0 Å². The maximum Gasteiger partial charge on any atom is 0.177 e. The predicted octanol–water partition coefficient (Wildman–Crippen LogP) is 5.01. The summed E-state index contributed by atoms with van der Waals surface area (Å²) in [4.78, 5) is 0. The molecule has 0 bridgehead atoms. The molecule has 1 aliphatic rings. The van der Waals surface area contributed by atoms with E-state index in [0.29, 0.717) is 11.6 Å². The highest BCUT2D eigenvalue weighted by Crippen LogP contribution is 2.32. The van der Waals surface area contributed by atoms with Crippen molar-refractivity contribution in [1.82, 2.24) is 25.9 Å². The molecule has 1 aliphatic heterocycles. The standard InChI is InChI=1S/C25H23ClN6OS/c1-33-20-13-11-18(12-14-20)16-31-24(28-29-30-31)21-15-27-32(23-10-6-5-9-22(23)26)25(21)34-17-19-7-3-2-4-8-19/h2-15,29-30H,16-17H2,1H3. The number of ether oxygens (including phenoxy) is 1. The topological polar surface area (TPSA) is 66.7 Å². The van der Waals surface area contributed by atoms with Crippen LogP contribution in [0.5, 0.6) is 5.75 Å². The van der Waals surface area contributed by atoms with Gasteiger partial charge in [-0.1, -0.05) is 66.2 Å². The van der Waals surface area contributed by atoms with Gasteiger partial charge in [-0.2, -0.15) is 5.10 Å². The van der Waals surface area contributed by atoms with Crippen LogP contribution in [0.25, 0.3) is 5.69 Å². The van der Waals surface area contributed by atoms with Crippen LogP contribution in [0, 0.1) is 0 Å². The van der Waals surface area contributed by atoms with Gasteiger partial charge in [-0.05, 0) is 35.4 Å². The number of nitrogens with zero attached hydrogens (tertiary/aromatic N) is 4. The van der Waals surface area contributed by atoms with Gasteiger partial charge in [0.1, 0.15) is 10.8 Å². The Labute approximate surface area is 207 Å². The molecule has 4 aromatic rings. The quantitative estimate of drug-likeness (QED) is 0.338. The average molecular weight is 491 g/mol. The number of benzene rings is 3. The van der Waals surface area contributed by atoms with Crippen molar-refractivity contribution in [2.24, 2.45) is 5.10 Å². The molecule has 0 saturated heterocycles. The number of rotatable bonds is 8. The Morgan fingerprint density at radius 3 is 2.47 bits per heavy atom. The molecule has 7 nitrogen and oxygen atoms in total. The Morgan fingerprint density at radius 2 is 1.71 bits per heavy atom. The summed E-state index contributed by atoms with van der Waals surface area (Å²) in [6.45, 7) is 0.607. The van der Waals surface area contributed by atoms with Gasteiger partial charge in [0.25, 0.3) is 0 Å². The molecular weight excluding hydrogens is 468 g/mol. The Bertz CT molecular complexity index is 1290. The summed E-state index contributed by atoms with van der Waals surface area (Å²) in [5.41, 5.74) is 10.1. The lowest BCUT2D eigenvalue weighted by molar-refractivity contribution is 0.287. The maximum atomic E-state index is 6.53. The Balaban J connectivity index is 1.47. The molecule has 172 valence electrons. The molecule has 0 spiro atoms. The van der Waals surface area contributed by atoms with Gasteiger partial charge in [-0.25, -0.2) is 10.2 Å². The van der Waals surface area contributed by atoms with Crippen molar-refractivity contribution in [3.8, 4) is 11.4 Å². The van der Waals surface area contributed by atoms with E-state index in [1.54, 1.807) is 18.9 Å². The highest BCUT2D eigenvalue weighted by atomic mass is 35.5. The zero-order chi connectivity index (χ0) is 23.3. The molecule has 0 aliphatic carbocycles. The van der Waals surface area contributed by atoms with Crippen molar-refractivity contribution in [3.63, 3.8) is 0 Å². The van der Waals surface area contributed by atoms with E-state index in [1.807, 2.05) is 82.6 Å². The normalized spacial score (nSPS) is 13.0. The van der Waals surface area contributed by atoms with E-state index in [1.165, 1.54) is 5.56 Å². The maximum absolute atomic E-state index is 6.53. The summed E-state index contributed by atoms with van der Waals surface area (Å²) < 4.78 is 7.16. The largest absolute Gasteiger partial charge is 0.497 e. The summed E-state index contributed by atoms with van der Waals surface area (Å²) in [5.74, 6) is 2.37. The number of hydrazone groups is 1. The lowest BCUT2D eigenvalue weighted by atomic mass is 10.2. The first kappa shape index (κ1) is 22.3. The van der Waals surface area contributed by atoms with Gasteiger partial charge in [0.15, 0.2) is 5.84 Å². The minimum Gasteiger partial charge on any atom is -0.497 e. The molecule has 9 heteroatoms. The van der Waals surface area contributed by atoms with Crippen LogP contribution in [0.2, 0.25) is 5.02 Å². The number of para-hydroxylation sites is 1. The molecule has 2 N–H and O–H groups in total. The lowest BCUT2D eigenvalue weighted by Crippen LogP contribution is -2.40. The minimum atomic E-state index is 0.607. The van der Waals surface area contributed by atoms with Crippen LogP contribution >= 0.6 is 23.4 Å². The fourth-order valence-corrected chi connectivity index (χ4v) is 4.91. The van der Waals surface area contributed by atoms with Crippen LogP contribution in [0.3, 0.4) is 0 Å². The summed E-state index contributed by atoms with van der Waals surface area (Å²) in [6, 6.07) is 26.0. The number of methoxy groups -OCH3 is 1. The highest BCUT2D eigenvalue weighted by Gasteiger charge is 2.26. The number of thioether (sulfide) groups is 1. The Hall–Kier alpha value is -3.46. The number of aromatic nitrogens is 2. The van der Waals surface area contributed by atoms with E-state index in [-0.39, 0.29) is 0 Å². The smallest absolute Gasteiger partial charge is 0.177 e. The second kappa shape index (κ2) is 10.2. The van der Waals surface area contributed by atoms with Gasteiger partial charge in [-0.3, -0.25) is 5.01 Å². The predicted molar refractivity (Wildman–Crippen MR) is 136 cm³/mol. The number of hydrogen-bond acceptors (Lipinski definition) is 7. The third-order valence-electron chi connectivity index (χ3n) is 5.37. The first-order valence-corrected chi connectivity index (χ1v) is 12.1. The van der Waals surface area contributed by atoms with E-state index in [2.05, 4.69) is 28.3 Å². The van der Waals surface area contributed by atoms with Gasteiger partial charge in [0.2, 0.25) is 0 Å². The van der Waals surface area contributed by atoms with Crippen LogP contribution < -0.4 is 15.8 Å². The molecule has 1 aromatic heterocycles. The summed E-state index contributed by atoms with van der Waals surface area (Å²) >= 11 is 8.23. The van der Waals surface area contributed by atoms with Gasteiger partial charge in [0, 0.05) is 5.75 Å². The molecule has 0 unspecified atom stereocenters. The fourth-order valence-electron chi connectivity index (χ4n) is 3.64. The SMILES string of the molecule is COc1ccc(CN2NNN=C2c2cnn(-c3ccccc3Cl)c2SCc2ccccc2)cc1. The van der Waals surface area contributed by atoms with Crippen molar-refractivity contribution in [1.29, 1.82) is 0 Å². The number of hydrazine groups is 2. The minimum absolute atomic E-state index is 0.607. The molecule has 5 rings (SSSR count). The van der Waals surface area contributed by atoms with Crippen LogP contribution in [-0.2, 0) is 12.3 Å². The highest BCUT2D eigenvalue weighted by molar-refractivity contribution is 7.98. The monoisotopic (exact) mass is 490 g/mol. The van der Waals surface area contributed by atoms with Gasteiger partial charge >= 0.3 is 0 Å². The van der Waals surface area contributed by atoms with Gasteiger partial charge in [-0.15, -0.1) is 22.4 Å². The number of nitrogens with one attached hydrogen (secondary N) is 2. The van der Waals surface area contributed by atoms with E-state index >= 15 is 0 Å².